The van der Waals surface area contributed by atoms with Crippen molar-refractivity contribution in [2.75, 3.05) is 25.0 Å². The molecule has 1 heterocycles. The lowest BCUT2D eigenvalue weighted by Crippen LogP contribution is -2.44. The zero-order chi connectivity index (χ0) is 17.6. The molecule has 1 aliphatic heterocycles. The molecule has 0 saturated heterocycles. The Morgan fingerprint density at radius 2 is 1.88 bits per heavy atom. The smallest absolute Gasteiger partial charge is 0.246 e. The van der Waals surface area contributed by atoms with Crippen LogP contribution in [0.1, 0.15) is 11.1 Å². The molecule has 0 aromatic heterocycles. The molecule has 0 fully saturated rings. The molecule has 1 aliphatic rings. The van der Waals surface area contributed by atoms with Crippen molar-refractivity contribution in [2.24, 2.45) is 4.99 Å². The fraction of sp³-hybridized carbons (Fsp3) is 0.263. The number of carbonyl (C=O) groups is 1. The highest BCUT2D eigenvalue weighted by atomic mass is 127. The van der Waals surface area contributed by atoms with Crippen LogP contribution in [0.15, 0.2) is 53.5 Å². The molecule has 5 nitrogen and oxygen atoms in total. The van der Waals surface area contributed by atoms with Crippen molar-refractivity contribution in [3.63, 3.8) is 0 Å². The summed E-state index contributed by atoms with van der Waals surface area (Å²) in [5.41, 5.74) is 3.33. The Morgan fingerprint density at radius 3 is 2.62 bits per heavy atom. The third kappa shape index (κ3) is 5.11. The number of hydrogen-bond acceptors (Lipinski definition) is 2. The van der Waals surface area contributed by atoms with Crippen LogP contribution in [-0.2, 0) is 17.8 Å². The van der Waals surface area contributed by atoms with E-state index in [1.54, 1.807) is 7.05 Å². The maximum Gasteiger partial charge on any atom is 0.246 e. The molecule has 0 atom stereocenters. The number of anilines is 1. The quantitative estimate of drug-likeness (QED) is 0.398. The first kappa shape index (κ1) is 20.5. The molecule has 2 aromatic rings. The first-order valence-electron chi connectivity index (χ1n) is 8.24. The summed E-state index contributed by atoms with van der Waals surface area (Å²) in [5.74, 6) is 0.634. The molecular formula is C19H22ClIN4O. The van der Waals surface area contributed by atoms with E-state index in [-0.39, 0.29) is 36.4 Å². The summed E-state index contributed by atoms with van der Waals surface area (Å²) >= 11 is 5.89. The monoisotopic (exact) mass is 484 g/mol. The third-order valence-corrected chi connectivity index (χ3v) is 4.44. The minimum absolute atomic E-state index is 0. The minimum Gasteiger partial charge on any atom is -0.352 e. The maximum atomic E-state index is 12.5. The standard InChI is InChI=1S/C19H21ClN4O.HI/c1-21-19(22-12-14-6-8-16(20)9-7-14)23-13-18(25)24-11-10-15-4-2-3-5-17(15)24;/h2-9H,10-13H2,1H3,(H2,21,22,23);1H. The highest BCUT2D eigenvalue weighted by molar-refractivity contribution is 14.0. The molecule has 0 radical (unpaired) electrons. The lowest BCUT2D eigenvalue weighted by atomic mass is 10.2. The van der Waals surface area contributed by atoms with E-state index in [2.05, 4.69) is 21.7 Å². The molecule has 0 spiro atoms. The lowest BCUT2D eigenvalue weighted by molar-refractivity contribution is -0.117. The predicted molar refractivity (Wildman–Crippen MR) is 118 cm³/mol. The van der Waals surface area contributed by atoms with Gasteiger partial charge in [0.1, 0.15) is 0 Å². The maximum absolute atomic E-state index is 12.5. The fourth-order valence-electron chi connectivity index (χ4n) is 2.86. The van der Waals surface area contributed by atoms with Gasteiger partial charge in [-0.25, -0.2) is 0 Å². The van der Waals surface area contributed by atoms with E-state index in [4.69, 9.17) is 11.6 Å². The Balaban J connectivity index is 0.00000243. The molecule has 138 valence electrons. The zero-order valence-electron chi connectivity index (χ0n) is 14.5. The van der Waals surface area contributed by atoms with Gasteiger partial charge in [-0.15, -0.1) is 24.0 Å². The summed E-state index contributed by atoms with van der Waals surface area (Å²) in [6, 6.07) is 15.6. The van der Waals surface area contributed by atoms with Crippen LogP contribution in [0, 0.1) is 0 Å². The van der Waals surface area contributed by atoms with E-state index in [0.717, 1.165) is 24.2 Å². The van der Waals surface area contributed by atoms with Gasteiger partial charge in [0.2, 0.25) is 5.91 Å². The van der Waals surface area contributed by atoms with Crippen molar-refractivity contribution >= 4 is 53.1 Å². The normalized spacial score (nSPS) is 13.0. The number of rotatable bonds is 4. The number of halogens is 2. The molecule has 2 N–H and O–H groups in total. The molecule has 0 aliphatic carbocycles. The van der Waals surface area contributed by atoms with Crippen molar-refractivity contribution in [3.05, 3.63) is 64.7 Å². The number of amides is 1. The first-order chi connectivity index (χ1) is 12.2. The number of guanidine groups is 1. The summed E-state index contributed by atoms with van der Waals surface area (Å²) < 4.78 is 0. The predicted octanol–water partition coefficient (Wildman–Crippen LogP) is 3.21. The number of aliphatic imine (C=N–C) groups is 1. The summed E-state index contributed by atoms with van der Waals surface area (Å²) in [5, 5.41) is 6.99. The highest BCUT2D eigenvalue weighted by Crippen LogP contribution is 2.27. The minimum atomic E-state index is 0. The molecule has 0 bridgehead atoms. The molecule has 3 rings (SSSR count). The van der Waals surface area contributed by atoms with Gasteiger partial charge < -0.3 is 15.5 Å². The van der Waals surface area contributed by atoms with Crippen LogP contribution in [0.25, 0.3) is 0 Å². The van der Waals surface area contributed by atoms with Gasteiger partial charge in [-0.3, -0.25) is 9.79 Å². The van der Waals surface area contributed by atoms with Gasteiger partial charge in [0.15, 0.2) is 5.96 Å². The summed E-state index contributed by atoms with van der Waals surface area (Å²) in [7, 11) is 1.69. The summed E-state index contributed by atoms with van der Waals surface area (Å²) in [6.07, 6.45) is 0.908. The molecule has 0 saturated carbocycles. The highest BCUT2D eigenvalue weighted by Gasteiger charge is 2.23. The number of para-hydroxylation sites is 1. The molecule has 2 aromatic carbocycles. The van der Waals surface area contributed by atoms with Crippen molar-refractivity contribution < 1.29 is 4.79 Å². The number of carbonyl (C=O) groups excluding carboxylic acids is 1. The number of benzene rings is 2. The second kappa shape index (κ2) is 9.78. The van der Waals surface area contributed by atoms with Crippen LogP contribution in [0.4, 0.5) is 5.69 Å². The molecular weight excluding hydrogens is 463 g/mol. The van der Waals surface area contributed by atoms with Crippen LogP contribution in [0.5, 0.6) is 0 Å². The Hall–Kier alpha value is -1.80. The number of nitrogens with zero attached hydrogens (tertiary/aromatic N) is 2. The van der Waals surface area contributed by atoms with Crippen molar-refractivity contribution in [2.45, 2.75) is 13.0 Å². The Morgan fingerprint density at radius 1 is 1.15 bits per heavy atom. The van der Waals surface area contributed by atoms with Crippen molar-refractivity contribution in [3.8, 4) is 0 Å². The number of nitrogens with one attached hydrogen (secondary N) is 2. The molecule has 1 amide bonds. The Bertz CT molecular complexity index is 779. The van der Waals surface area contributed by atoms with E-state index in [9.17, 15) is 4.79 Å². The van der Waals surface area contributed by atoms with Gasteiger partial charge >= 0.3 is 0 Å². The van der Waals surface area contributed by atoms with Crippen LogP contribution < -0.4 is 15.5 Å². The van der Waals surface area contributed by atoms with E-state index in [0.29, 0.717) is 17.5 Å². The number of fused-ring (bicyclic) bond motifs is 1. The van der Waals surface area contributed by atoms with E-state index in [1.807, 2.05) is 47.4 Å². The van der Waals surface area contributed by atoms with Gasteiger partial charge in [-0.1, -0.05) is 41.9 Å². The first-order valence-corrected chi connectivity index (χ1v) is 8.62. The van der Waals surface area contributed by atoms with Crippen molar-refractivity contribution in [1.29, 1.82) is 0 Å². The van der Waals surface area contributed by atoms with Gasteiger partial charge in [0.25, 0.3) is 0 Å². The second-order valence-corrected chi connectivity index (χ2v) is 6.27. The third-order valence-electron chi connectivity index (χ3n) is 4.19. The average Bonchev–Trinajstić information content (AvgIpc) is 3.07. The van der Waals surface area contributed by atoms with Gasteiger partial charge in [-0.2, -0.15) is 0 Å². The molecule has 7 heteroatoms. The Kier molecular flexibility index (Phi) is 7.71. The summed E-state index contributed by atoms with van der Waals surface area (Å²) in [4.78, 5) is 18.5. The van der Waals surface area contributed by atoms with Crippen LogP contribution in [0.3, 0.4) is 0 Å². The van der Waals surface area contributed by atoms with Crippen molar-refractivity contribution in [1.82, 2.24) is 10.6 Å². The zero-order valence-corrected chi connectivity index (χ0v) is 17.6. The van der Waals surface area contributed by atoms with Crippen LogP contribution in [-0.4, -0.2) is 32.0 Å². The Labute approximate surface area is 175 Å². The number of hydrogen-bond donors (Lipinski definition) is 2. The van der Waals surface area contributed by atoms with Crippen LogP contribution in [0.2, 0.25) is 5.02 Å². The fourth-order valence-corrected chi connectivity index (χ4v) is 2.99. The average molecular weight is 485 g/mol. The van der Waals surface area contributed by atoms with Gasteiger partial charge in [-0.05, 0) is 35.7 Å². The van der Waals surface area contributed by atoms with Gasteiger partial charge in [0.05, 0.1) is 6.54 Å². The molecule has 26 heavy (non-hydrogen) atoms. The summed E-state index contributed by atoms with van der Waals surface area (Å²) in [6.45, 7) is 1.54. The largest absolute Gasteiger partial charge is 0.352 e. The lowest BCUT2D eigenvalue weighted by Gasteiger charge is -2.19. The molecule has 0 unspecified atom stereocenters. The topological polar surface area (TPSA) is 56.7 Å². The van der Waals surface area contributed by atoms with E-state index >= 15 is 0 Å². The van der Waals surface area contributed by atoms with E-state index in [1.165, 1.54) is 5.56 Å². The van der Waals surface area contributed by atoms with Crippen LogP contribution >= 0.6 is 35.6 Å². The van der Waals surface area contributed by atoms with Gasteiger partial charge in [0, 0.05) is 30.8 Å². The second-order valence-electron chi connectivity index (χ2n) is 5.83. The van der Waals surface area contributed by atoms with E-state index < -0.39 is 0 Å². The SMILES string of the molecule is CN=C(NCC(=O)N1CCc2ccccc21)NCc1ccc(Cl)cc1.I.